The Morgan fingerprint density at radius 3 is 2.85 bits per heavy atom. The monoisotopic (exact) mass is 303 g/mol. The number of furan rings is 1. The highest BCUT2D eigenvalue weighted by molar-refractivity contribution is 7.89. The molecule has 0 spiro atoms. The fraction of sp³-hybridized carbons (Fsp3) is 0.692. The maximum absolute atomic E-state index is 12.1. The van der Waals surface area contributed by atoms with Crippen LogP contribution < -0.4 is 4.72 Å². The van der Waals surface area contributed by atoms with E-state index in [2.05, 4.69) is 4.72 Å². The molecule has 2 heterocycles. The molecule has 1 aromatic rings. The van der Waals surface area contributed by atoms with Gasteiger partial charge in [0.05, 0.1) is 6.10 Å². The zero-order chi connectivity index (χ0) is 14.6. The highest BCUT2D eigenvalue weighted by Crippen LogP contribution is 2.20. The van der Waals surface area contributed by atoms with Gasteiger partial charge in [-0.05, 0) is 32.6 Å². The van der Waals surface area contributed by atoms with E-state index >= 15 is 0 Å². The highest BCUT2D eigenvalue weighted by atomic mass is 32.2. The Labute approximate surface area is 119 Å². The number of aryl methyl sites for hydroxylation is 1. The molecule has 0 aromatic carbocycles. The minimum absolute atomic E-state index is 0.0890. The van der Waals surface area contributed by atoms with Crippen LogP contribution in [-0.2, 0) is 21.4 Å². The summed E-state index contributed by atoms with van der Waals surface area (Å²) in [6.07, 6.45) is 4.02. The zero-order valence-corrected chi connectivity index (χ0v) is 12.4. The standard InChI is InChI=1S/C13H21NO5S/c1-10-13(8-12(9-15)19-10)20(16,17)14-6-5-11-4-2-3-7-18-11/h8,11,14-15H,2-7,9H2,1H3. The lowest BCUT2D eigenvalue weighted by atomic mass is 10.1. The number of rotatable bonds is 6. The van der Waals surface area contributed by atoms with E-state index < -0.39 is 10.0 Å². The molecule has 1 aliphatic rings. The molecular weight excluding hydrogens is 282 g/mol. The van der Waals surface area contributed by atoms with Crippen LogP contribution in [0.2, 0.25) is 0 Å². The number of ether oxygens (including phenoxy) is 1. The van der Waals surface area contributed by atoms with Crippen molar-refractivity contribution in [1.29, 1.82) is 0 Å². The molecule has 1 unspecified atom stereocenters. The molecule has 0 aliphatic carbocycles. The van der Waals surface area contributed by atoms with E-state index in [1.54, 1.807) is 6.92 Å². The Kier molecular flexibility index (Phi) is 5.20. The van der Waals surface area contributed by atoms with E-state index in [4.69, 9.17) is 14.3 Å². The molecule has 20 heavy (non-hydrogen) atoms. The average molecular weight is 303 g/mol. The quantitative estimate of drug-likeness (QED) is 0.827. The van der Waals surface area contributed by atoms with Crippen LogP contribution in [0.25, 0.3) is 0 Å². The molecule has 2 rings (SSSR count). The van der Waals surface area contributed by atoms with Crippen molar-refractivity contribution in [2.45, 2.75) is 50.2 Å². The van der Waals surface area contributed by atoms with E-state index in [1.807, 2.05) is 0 Å². The van der Waals surface area contributed by atoms with Crippen LogP contribution in [0.3, 0.4) is 0 Å². The van der Waals surface area contributed by atoms with Crippen molar-refractivity contribution < 1.29 is 22.7 Å². The second kappa shape index (κ2) is 6.71. The van der Waals surface area contributed by atoms with Gasteiger partial charge in [0.1, 0.15) is 23.0 Å². The number of sulfonamides is 1. The summed E-state index contributed by atoms with van der Waals surface area (Å²) in [4.78, 5) is 0.0890. The Balaban J connectivity index is 1.91. The van der Waals surface area contributed by atoms with Gasteiger partial charge in [-0.3, -0.25) is 0 Å². The van der Waals surface area contributed by atoms with Gasteiger partial charge < -0.3 is 14.3 Å². The average Bonchev–Trinajstić information content (AvgIpc) is 2.82. The van der Waals surface area contributed by atoms with Gasteiger partial charge in [-0.25, -0.2) is 13.1 Å². The van der Waals surface area contributed by atoms with Crippen LogP contribution in [-0.4, -0.2) is 32.8 Å². The summed E-state index contributed by atoms with van der Waals surface area (Å²) in [5, 5.41) is 8.96. The molecule has 6 nitrogen and oxygen atoms in total. The fourth-order valence-corrected chi connectivity index (χ4v) is 3.58. The smallest absolute Gasteiger partial charge is 0.244 e. The molecule has 1 atom stereocenters. The molecule has 0 saturated carbocycles. The maximum atomic E-state index is 12.1. The fourth-order valence-electron chi connectivity index (χ4n) is 2.34. The van der Waals surface area contributed by atoms with Crippen molar-refractivity contribution in [3.05, 3.63) is 17.6 Å². The van der Waals surface area contributed by atoms with Crippen LogP contribution in [0.4, 0.5) is 0 Å². The second-order valence-electron chi connectivity index (χ2n) is 4.97. The van der Waals surface area contributed by atoms with Crippen molar-refractivity contribution >= 4 is 10.0 Å². The van der Waals surface area contributed by atoms with Crippen molar-refractivity contribution in [3.8, 4) is 0 Å². The van der Waals surface area contributed by atoms with E-state index in [1.165, 1.54) is 6.07 Å². The van der Waals surface area contributed by atoms with Crippen LogP contribution in [0.5, 0.6) is 0 Å². The Bertz CT molecular complexity index is 531. The van der Waals surface area contributed by atoms with Crippen LogP contribution >= 0.6 is 0 Å². The molecule has 0 amide bonds. The van der Waals surface area contributed by atoms with Gasteiger partial charge in [0.2, 0.25) is 10.0 Å². The first-order valence-electron chi connectivity index (χ1n) is 6.84. The maximum Gasteiger partial charge on any atom is 0.244 e. The molecule has 0 radical (unpaired) electrons. The zero-order valence-electron chi connectivity index (χ0n) is 11.6. The molecular formula is C13H21NO5S. The lowest BCUT2D eigenvalue weighted by molar-refractivity contribution is 0.0123. The van der Waals surface area contributed by atoms with Crippen LogP contribution in [0.15, 0.2) is 15.4 Å². The van der Waals surface area contributed by atoms with Crippen LogP contribution in [0.1, 0.15) is 37.2 Å². The summed E-state index contributed by atoms with van der Waals surface area (Å²) in [6.45, 7) is 2.36. The Morgan fingerprint density at radius 2 is 2.25 bits per heavy atom. The first-order valence-corrected chi connectivity index (χ1v) is 8.32. The normalized spacial score (nSPS) is 20.2. The van der Waals surface area contributed by atoms with Crippen molar-refractivity contribution in [1.82, 2.24) is 4.72 Å². The van der Waals surface area contributed by atoms with Gasteiger partial charge in [0, 0.05) is 19.2 Å². The first-order chi connectivity index (χ1) is 9.53. The van der Waals surface area contributed by atoms with Gasteiger partial charge in [-0.15, -0.1) is 0 Å². The third-order valence-electron chi connectivity index (χ3n) is 3.40. The summed E-state index contributed by atoms with van der Waals surface area (Å²) in [7, 11) is -3.59. The number of hydrogen-bond donors (Lipinski definition) is 2. The SMILES string of the molecule is Cc1oc(CO)cc1S(=O)(=O)NCCC1CCCCO1. The molecule has 1 fully saturated rings. The summed E-state index contributed by atoms with van der Waals surface area (Å²) in [6, 6.07) is 1.36. The van der Waals surface area contributed by atoms with Crippen molar-refractivity contribution in [2.24, 2.45) is 0 Å². The van der Waals surface area contributed by atoms with Gasteiger partial charge in [0.25, 0.3) is 0 Å². The Hall–Kier alpha value is -0.890. The third kappa shape index (κ3) is 3.82. The number of hydrogen-bond acceptors (Lipinski definition) is 5. The summed E-state index contributed by atoms with van der Waals surface area (Å²) in [5.74, 6) is 0.536. The topological polar surface area (TPSA) is 88.8 Å². The number of aliphatic hydroxyl groups excluding tert-OH is 1. The molecule has 1 aromatic heterocycles. The largest absolute Gasteiger partial charge is 0.462 e. The minimum atomic E-state index is -3.59. The van der Waals surface area contributed by atoms with Gasteiger partial charge >= 0.3 is 0 Å². The van der Waals surface area contributed by atoms with E-state index in [0.717, 1.165) is 25.9 Å². The second-order valence-corrected chi connectivity index (χ2v) is 6.70. The predicted molar refractivity (Wildman–Crippen MR) is 72.8 cm³/mol. The Morgan fingerprint density at radius 1 is 1.45 bits per heavy atom. The molecule has 1 aliphatic heterocycles. The summed E-state index contributed by atoms with van der Waals surface area (Å²) in [5.41, 5.74) is 0. The highest BCUT2D eigenvalue weighted by Gasteiger charge is 2.22. The molecule has 114 valence electrons. The summed E-state index contributed by atoms with van der Waals surface area (Å²) >= 11 is 0. The third-order valence-corrected chi connectivity index (χ3v) is 4.97. The molecule has 2 N–H and O–H groups in total. The summed E-state index contributed by atoms with van der Waals surface area (Å²) < 4.78 is 37.5. The van der Waals surface area contributed by atoms with Gasteiger partial charge in [-0.1, -0.05) is 0 Å². The minimum Gasteiger partial charge on any atom is -0.462 e. The van der Waals surface area contributed by atoms with Crippen molar-refractivity contribution in [3.63, 3.8) is 0 Å². The van der Waals surface area contributed by atoms with Crippen LogP contribution in [0, 0.1) is 6.92 Å². The number of nitrogens with one attached hydrogen (secondary N) is 1. The van der Waals surface area contributed by atoms with Crippen molar-refractivity contribution in [2.75, 3.05) is 13.2 Å². The van der Waals surface area contributed by atoms with E-state index in [-0.39, 0.29) is 29.1 Å². The lowest BCUT2D eigenvalue weighted by Gasteiger charge is -2.22. The molecule has 0 bridgehead atoms. The lowest BCUT2D eigenvalue weighted by Crippen LogP contribution is -2.29. The molecule has 7 heteroatoms. The van der Waals surface area contributed by atoms with Gasteiger partial charge in [-0.2, -0.15) is 0 Å². The number of aliphatic hydroxyl groups is 1. The predicted octanol–water partition coefficient (Wildman–Crippen LogP) is 1.32. The van der Waals surface area contributed by atoms with E-state index in [0.29, 0.717) is 13.0 Å². The van der Waals surface area contributed by atoms with Gasteiger partial charge in [0.15, 0.2) is 0 Å². The van der Waals surface area contributed by atoms with E-state index in [9.17, 15) is 8.42 Å². The first kappa shape index (κ1) is 15.5. The molecule has 1 saturated heterocycles.